The van der Waals surface area contributed by atoms with Crippen LogP contribution < -0.4 is 10.0 Å². The van der Waals surface area contributed by atoms with E-state index in [4.69, 9.17) is 0 Å². The summed E-state index contributed by atoms with van der Waals surface area (Å²) in [6.07, 6.45) is 0. The van der Waals surface area contributed by atoms with Gasteiger partial charge in [0, 0.05) is 16.8 Å². The Bertz CT molecular complexity index is 1110. The van der Waals surface area contributed by atoms with Crippen LogP contribution in [0.1, 0.15) is 28.5 Å². The van der Waals surface area contributed by atoms with Gasteiger partial charge >= 0.3 is 0 Å². The normalized spacial score (nSPS) is 11.4. The van der Waals surface area contributed by atoms with Gasteiger partial charge in [0.05, 0.1) is 22.5 Å². The summed E-state index contributed by atoms with van der Waals surface area (Å²) in [6, 6.07) is 14.3. The third-order valence-electron chi connectivity index (χ3n) is 4.20. The van der Waals surface area contributed by atoms with Crippen LogP contribution in [0.15, 0.2) is 48.5 Å². The van der Waals surface area contributed by atoms with Crippen LogP contribution in [0.2, 0.25) is 0 Å². The molecule has 7 heteroatoms. The van der Waals surface area contributed by atoms with Crippen molar-refractivity contribution in [3.05, 3.63) is 65.4 Å². The van der Waals surface area contributed by atoms with E-state index in [1.165, 1.54) is 0 Å². The largest absolute Gasteiger partial charge is 0.322 e. The van der Waals surface area contributed by atoms with Gasteiger partial charge in [-0.1, -0.05) is 12.1 Å². The maximum absolute atomic E-state index is 12.6. The highest BCUT2D eigenvalue weighted by atomic mass is 32.2. The Hall–Kier alpha value is -2.93. The quantitative estimate of drug-likeness (QED) is 0.700. The monoisotopic (exact) mass is 383 g/mol. The van der Waals surface area contributed by atoms with Crippen molar-refractivity contribution < 1.29 is 13.2 Å². The predicted molar refractivity (Wildman–Crippen MR) is 109 cm³/mol. The van der Waals surface area contributed by atoms with Crippen molar-refractivity contribution in [2.75, 3.05) is 15.8 Å². The van der Waals surface area contributed by atoms with Gasteiger partial charge in [-0.25, -0.2) is 8.42 Å². The van der Waals surface area contributed by atoms with E-state index in [1.807, 2.05) is 31.2 Å². The maximum Gasteiger partial charge on any atom is 0.257 e. The average molecular weight is 383 g/mol. The molecule has 140 valence electrons. The lowest BCUT2D eigenvalue weighted by molar-refractivity contribution is 0.102. The SMILES string of the molecule is CCS(=O)(=O)Nc1ccc(NC(=O)c2cc3ccc(C)cc3nc2C)cc1. The van der Waals surface area contributed by atoms with Gasteiger partial charge < -0.3 is 5.32 Å². The zero-order chi connectivity index (χ0) is 19.6. The Labute approximate surface area is 158 Å². The lowest BCUT2D eigenvalue weighted by Crippen LogP contribution is -2.15. The highest BCUT2D eigenvalue weighted by Crippen LogP contribution is 2.20. The lowest BCUT2D eigenvalue weighted by atomic mass is 10.1. The number of amides is 1. The minimum Gasteiger partial charge on any atom is -0.322 e. The van der Waals surface area contributed by atoms with E-state index in [0.717, 1.165) is 16.5 Å². The van der Waals surface area contributed by atoms with Crippen LogP contribution in [-0.4, -0.2) is 25.1 Å². The number of nitrogens with zero attached hydrogens (tertiary/aromatic N) is 1. The van der Waals surface area contributed by atoms with Crippen LogP contribution in [0.5, 0.6) is 0 Å². The van der Waals surface area contributed by atoms with E-state index in [2.05, 4.69) is 15.0 Å². The molecule has 3 aromatic rings. The van der Waals surface area contributed by atoms with Crippen LogP contribution in [0.3, 0.4) is 0 Å². The molecule has 2 aromatic carbocycles. The van der Waals surface area contributed by atoms with Crippen LogP contribution >= 0.6 is 0 Å². The molecule has 0 aliphatic rings. The number of hydrogen-bond acceptors (Lipinski definition) is 4. The number of sulfonamides is 1. The summed E-state index contributed by atoms with van der Waals surface area (Å²) < 4.78 is 25.7. The molecule has 0 unspecified atom stereocenters. The Morgan fingerprint density at radius 1 is 1.00 bits per heavy atom. The van der Waals surface area contributed by atoms with Crippen LogP contribution in [-0.2, 0) is 10.0 Å². The van der Waals surface area contributed by atoms with E-state index < -0.39 is 10.0 Å². The van der Waals surface area contributed by atoms with Crippen molar-refractivity contribution >= 4 is 38.2 Å². The fraction of sp³-hybridized carbons (Fsp3) is 0.200. The van der Waals surface area contributed by atoms with Crippen molar-refractivity contribution in [2.45, 2.75) is 20.8 Å². The first-order chi connectivity index (χ1) is 12.8. The molecule has 0 fully saturated rings. The molecule has 1 amide bonds. The minimum atomic E-state index is -3.33. The Morgan fingerprint density at radius 2 is 1.67 bits per heavy atom. The number of carbonyl (C=O) groups excluding carboxylic acids is 1. The van der Waals surface area contributed by atoms with E-state index in [9.17, 15) is 13.2 Å². The van der Waals surface area contributed by atoms with Crippen LogP contribution in [0.4, 0.5) is 11.4 Å². The number of pyridine rings is 1. The van der Waals surface area contributed by atoms with Crippen molar-refractivity contribution in [3.63, 3.8) is 0 Å². The number of benzene rings is 2. The third-order valence-corrected chi connectivity index (χ3v) is 5.51. The van der Waals surface area contributed by atoms with Gasteiger partial charge in [-0.15, -0.1) is 0 Å². The molecule has 0 radical (unpaired) electrons. The molecule has 27 heavy (non-hydrogen) atoms. The van der Waals surface area contributed by atoms with Crippen LogP contribution in [0, 0.1) is 13.8 Å². The molecule has 2 N–H and O–H groups in total. The van der Waals surface area contributed by atoms with Gasteiger partial charge in [-0.05, 0) is 62.7 Å². The number of aryl methyl sites for hydroxylation is 2. The first-order valence-corrected chi connectivity index (χ1v) is 10.2. The number of nitrogens with one attached hydrogen (secondary N) is 2. The molecule has 6 nitrogen and oxygen atoms in total. The number of hydrogen-bond donors (Lipinski definition) is 2. The van der Waals surface area contributed by atoms with Gasteiger partial charge in [-0.3, -0.25) is 14.5 Å². The maximum atomic E-state index is 12.6. The molecule has 0 aliphatic carbocycles. The minimum absolute atomic E-state index is 0.000742. The summed E-state index contributed by atoms with van der Waals surface area (Å²) in [5.74, 6) is -0.261. The van der Waals surface area contributed by atoms with Gasteiger partial charge in [0.2, 0.25) is 10.0 Å². The number of anilines is 2. The third kappa shape index (κ3) is 4.43. The van der Waals surface area contributed by atoms with Crippen molar-refractivity contribution in [1.82, 2.24) is 4.98 Å². The second kappa shape index (κ2) is 7.36. The topological polar surface area (TPSA) is 88.2 Å². The van der Waals surface area contributed by atoms with Crippen molar-refractivity contribution in [2.24, 2.45) is 0 Å². The molecule has 0 saturated carbocycles. The standard InChI is InChI=1S/C20H21N3O3S/c1-4-27(25,26)23-17-9-7-16(8-10-17)22-20(24)18-12-15-6-5-13(2)11-19(15)21-14(18)3/h5-12,23H,4H2,1-3H3,(H,22,24). The number of aromatic nitrogens is 1. The summed E-state index contributed by atoms with van der Waals surface area (Å²) in [7, 11) is -3.33. The van der Waals surface area contributed by atoms with E-state index in [1.54, 1.807) is 38.1 Å². The first kappa shape index (κ1) is 18.8. The fourth-order valence-electron chi connectivity index (χ4n) is 2.68. The molecular formula is C20H21N3O3S. The molecule has 0 atom stereocenters. The van der Waals surface area contributed by atoms with E-state index in [-0.39, 0.29) is 11.7 Å². The van der Waals surface area contributed by atoms with Gasteiger partial charge in [-0.2, -0.15) is 0 Å². The second-order valence-electron chi connectivity index (χ2n) is 6.35. The summed E-state index contributed by atoms with van der Waals surface area (Å²) in [5.41, 5.74) is 4.15. The summed E-state index contributed by atoms with van der Waals surface area (Å²) >= 11 is 0. The molecule has 3 rings (SSSR count). The van der Waals surface area contributed by atoms with Crippen LogP contribution in [0.25, 0.3) is 10.9 Å². The molecule has 0 spiro atoms. The van der Waals surface area contributed by atoms with Crippen molar-refractivity contribution in [3.8, 4) is 0 Å². The number of carbonyl (C=O) groups is 1. The Balaban J connectivity index is 1.80. The number of fused-ring (bicyclic) bond motifs is 1. The van der Waals surface area contributed by atoms with Gasteiger partial charge in [0.15, 0.2) is 0 Å². The zero-order valence-electron chi connectivity index (χ0n) is 15.4. The predicted octanol–water partition coefficient (Wildman–Crippen LogP) is 3.87. The highest BCUT2D eigenvalue weighted by molar-refractivity contribution is 7.92. The highest BCUT2D eigenvalue weighted by Gasteiger charge is 2.13. The first-order valence-electron chi connectivity index (χ1n) is 8.57. The molecule has 0 aliphatic heterocycles. The molecule has 0 saturated heterocycles. The lowest BCUT2D eigenvalue weighted by Gasteiger charge is -2.10. The van der Waals surface area contributed by atoms with Crippen molar-refractivity contribution in [1.29, 1.82) is 0 Å². The fourth-order valence-corrected chi connectivity index (χ4v) is 3.31. The average Bonchev–Trinajstić information content (AvgIpc) is 2.62. The van der Waals surface area contributed by atoms with E-state index >= 15 is 0 Å². The summed E-state index contributed by atoms with van der Waals surface area (Å²) in [5, 5.41) is 3.73. The van der Waals surface area contributed by atoms with Gasteiger partial charge in [0.1, 0.15) is 0 Å². The molecule has 1 aromatic heterocycles. The Morgan fingerprint density at radius 3 is 2.33 bits per heavy atom. The summed E-state index contributed by atoms with van der Waals surface area (Å²) in [4.78, 5) is 17.2. The van der Waals surface area contributed by atoms with Gasteiger partial charge in [0.25, 0.3) is 5.91 Å². The zero-order valence-corrected chi connectivity index (χ0v) is 16.2. The smallest absolute Gasteiger partial charge is 0.257 e. The van der Waals surface area contributed by atoms with E-state index in [0.29, 0.717) is 22.6 Å². The summed E-state index contributed by atoms with van der Waals surface area (Å²) in [6.45, 7) is 5.37. The molecular weight excluding hydrogens is 362 g/mol. The second-order valence-corrected chi connectivity index (χ2v) is 8.37. The molecule has 0 bridgehead atoms. The molecule has 1 heterocycles. The Kier molecular flexibility index (Phi) is 5.14. The number of rotatable bonds is 5.